The molecular formula is C11H14N2O4. The van der Waals surface area contributed by atoms with Gasteiger partial charge in [0.2, 0.25) is 0 Å². The molecule has 1 aromatic carbocycles. The molecule has 0 atom stereocenters. The number of carbonyl (C=O) groups is 1. The molecule has 0 saturated carbocycles. The van der Waals surface area contributed by atoms with Crippen molar-refractivity contribution in [1.29, 1.82) is 0 Å². The van der Waals surface area contributed by atoms with Crippen LogP contribution >= 0.6 is 0 Å². The molecule has 0 aromatic heterocycles. The monoisotopic (exact) mass is 238 g/mol. The van der Waals surface area contributed by atoms with E-state index in [4.69, 9.17) is 5.11 Å². The van der Waals surface area contributed by atoms with Crippen molar-refractivity contribution in [3.63, 3.8) is 0 Å². The van der Waals surface area contributed by atoms with Gasteiger partial charge >= 0.3 is 5.97 Å². The van der Waals surface area contributed by atoms with Gasteiger partial charge in [-0.3, -0.25) is 14.9 Å². The lowest BCUT2D eigenvalue weighted by Crippen LogP contribution is -2.30. The second-order valence-electron chi connectivity index (χ2n) is 3.59. The van der Waals surface area contributed by atoms with Crippen molar-refractivity contribution in [1.82, 2.24) is 0 Å². The van der Waals surface area contributed by atoms with Crippen molar-refractivity contribution in [3.8, 4) is 0 Å². The zero-order valence-electron chi connectivity index (χ0n) is 9.71. The number of nitrogens with zero attached hydrogens (tertiary/aromatic N) is 2. The van der Waals surface area contributed by atoms with Crippen LogP contribution in [0.2, 0.25) is 0 Å². The number of likely N-dealkylation sites (N-methyl/N-ethyl adjacent to an activating group) is 1. The van der Waals surface area contributed by atoms with Crippen molar-refractivity contribution >= 4 is 17.3 Å². The Morgan fingerprint density at radius 3 is 2.65 bits per heavy atom. The molecule has 17 heavy (non-hydrogen) atoms. The Balaban J connectivity index is 3.16. The van der Waals surface area contributed by atoms with E-state index in [0.717, 1.165) is 0 Å². The third-order valence-corrected chi connectivity index (χ3v) is 2.52. The van der Waals surface area contributed by atoms with E-state index in [1.807, 2.05) is 0 Å². The van der Waals surface area contributed by atoms with Crippen LogP contribution in [0, 0.1) is 17.0 Å². The third-order valence-electron chi connectivity index (χ3n) is 2.52. The summed E-state index contributed by atoms with van der Waals surface area (Å²) in [6.07, 6.45) is 0. The summed E-state index contributed by atoms with van der Waals surface area (Å²) >= 11 is 0. The van der Waals surface area contributed by atoms with Crippen molar-refractivity contribution in [2.45, 2.75) is 13.8 Å². The lowest BCUT2D eigenvalue weighted by molar-refractivity contribution is -0.385. The van der Waals surface area contributed by atoms with E-state index in [1.54, 1.807) is 30.9 Å². The Hall–Kier alpha value is -2.11. The maximum atomic E-state index is 10.8. The number of benzene rings is 1. The van der Waals surface area contributed by atoms with Crippen molar-refractivity contribution in [2.24, 2.45) is 0 Å². The van der Waals surface area contributed by atoms with Crippen LogP contribution in [-0.4, -0.2) is 29.1 Å². The van der Waals surface area contributed by atoms with Gasteiger partial charge in [-0.2, -0.15) is 0 Å². The molecular weight excluding hydrogens is 224 g/mol. The molecule has 6 nitrogen and oxygen atoms in total. The fourth-order valence-corrected chi connectivity index (χ4v) is 1.68. The molecule has 0 bridgehead atoms. The molecule has 1 N–H and O–H groups in total. The molecule has 0 aliphatic heterocycles. The minimum atomic E-state index is -0.960. The Kier molecular flexibility index (Phi) is 4.03. The predicted octanol–water partition coefficient (Wildman–Crippen LogP) is 1.81. The average molecular weight is 238 g/mol. The van der Waals surface area contributed by atoms with Gasteiger partial charge in [-0.1, -0.05) is 6.07 Å². The van der Waals surface area contributed by atoms with Crippen LogP contribution in [-0.2, 0) is 4.79 Å². The quantitative estimate of drug-likeness (QED) is 0.624. The highest BCUT2D eigenvalue weighted by Gasteiger charge is 2.17. The van der Waals surface area contributed by atoms with Crippen LogP contribution < -0.4 is 4.90 Å². The highest BCUT2D eigenvalue weighted by atomic mass is 16.6. The highest BCUT2D eigenvalue weighted by Crippen LogP contribution is 2.27. The molecule has 1 aromatic rings. The second kappa shape index (κ2) is 5.29. The van der Waals surface area contributed by atoms with Crippen LogP contribution in [0.3, 0.4) is 0 Å². The summed E-state index contributed by atoms with van der Waals surface area (Å²) in [7, 11) is 0. The van der Waals surface area contributed by atoms with Crippen molar-refractivity contribution in [2.75, 3.05) is 18.0 Å². The number of nitro benzene ring substituents is 1. The molecule has 6 heteroatoms. The molecule has 0 saturated heterocycles. The zero-order chi connectivity index (χ0) is 13.0. The summed E-state index contributed by atoms with van der Waals surface area (Å²) in [4.78, 5) is 22.6. The topological polar surface area (TPSA) is 83.7 Å². The lowest BCUT2D eigenvalue weighted by atomic mass is 10.1. The molecule has 0 radical (unpaired) electrons. The van der Waals surface area contributed by atoms with Gasteiger partial charge in [-0.25, -0.2) is 0 Å². The number of carboxylic acids is 1. The number of nitro groups is 1. The Bertz CT molecular complexity index is 445. The van der Waals surface area contributed by atoms with E-state index in [1.165, 1.54) is 6.07 Å². The first-order valence-electron chi connectivity index (χ1n) is 5.18. The molecule has 0 aliphatic carbocycles. The summed E-state index contributed by atoms with van der Waals surface area (Å²) in [5, 5.41) is 19.5. The van der Waals surface area contributed by atoms with Gasteiger partial charge < -0.3 is 10.0 Å². The van der Waals surface area contributed by atoms with Crippen molar-refractivity contribution in [3.05, 3.63) is 33.9 Å². The first kappa shape index (κ1) is 13.0. The van der Waals surface area contributed by atoms with Gasteiger partial charge in [0.1, 0.15) is 6.54 Å². The largest absolute Gasteiger partial charge is 0.480 e. The van der Waals surface area contributed by atoms with Crippen LogP contribution in [0.15, 0.2) is 18.2 Å². The molecule has 0 fully saturated rings. The minimum absolute atomic E-state index is 0.00587. The maximum absolute atomic E-state index is 10.8. The standard InChI is InChI=1S/C11H14N2O4/c1-3-12(7-11(14)15)9-5-4-6-10(8(9)2)13(16)17/h4-6H,3,7H2,1-2H3,(H,14,15). The van der Waals surface area contributed by atoms with Gasteiger partial charge in [-0.05, 0) is 19.9 Å². The maximum Gasteiger partial charge on any atom is 0.323 e. The molecule has 92 valence electrons. The van der Waals surface area contributed by atoms with Crippen molar-refractivity contribution < 1.29 is 14.8 Å². The normalized spacial score (nSPS) is 10.0. The SMILES string of the molecule is CCN(CC(=O)O)c1cccc([N+](=O)[O-])c1C. The van der Waals surface area contributed by atoms with Crippen LogP contribution in [0.4, 0.5) is 11.4 Å². The third kappa shape index (κ3) is 2.93. The molecule has 0 spiro atoms. The van der Waals surface area contributed by atoms with Gasteiger partial charge in [-0.15, -0.1) is 0 Å². The van der Waals surface area contributed by atoms with E-state index >= 15 is 0 Å². The molecule has 0 heterocycles. The molecule has 0 unspecified atom stereocenters. The first-order valence-corrected chi connectivity index (χ1v) is 5.18. The predicted molar refractivity (Wildman–Crippen MR) is 63.4 cm³/mol. The van der Waals surface area contributed by atoms with E-state index in [-0.39, 0.29) is 12.2 Å². The fourth-order valence-electron chi connectivity index (χ4n) is 1.68. The minimum Gasteiger partial charge on any atom is -0.480 e. The number of carboxylic acid groups (broad SMARTS) is 1. The van der Waals surface area contributed by atoms with E-state index < -0.39 is 10.9 Å². The zero-order valence-corrected chi connectivity index (χ0v) is 9.71. The van der Waals surface area contributed by atoms with Crippen LogP contribution in [0.1, 0.15) is 12.5 Å². The second-order valence-corrected chi connectivity index (χ2v) is 3.59. The van der Waals surface area contributed by atoms with E-state index in [2.05, 4.69) is 0 Å². The van der Waals surface area contributed by atoms with Gasteiger partial charge in [0.15, 0.2) is 0 Å². The van der Waals surface area contributed by atoms with Gasteiger partial charge in [0.05, 0.1) is 10.5 Å². The molecule has 0 aliphatic rings. The van der Waals surface area contributed by atoms with Gasteiger partial charge in [0.25, 0.3) is 5.69 Å². The summed E-state index contributed by atoms with van der Waals surface area (Å²) in [6, 6.07) is 4.66. The smallest absolute Gasteiger partial charge is 0.323 e. The molecule has 1 rings (SSSR count). The van der Waals surface area contributed by atoms with E-state index in [0.29, 0.717) is 17.8 Å². The summed E-state index contributed by atoms with van der Waals surface area (Å²) in [5.74, 6) is -0.960. The number of hydrogen-bond donors (Lipinski definition) is 1. The Labute approximate surface area is 98.6 Å². The van der Waals surface area contributed by atoms with Gasteiger partial charge in [0, 0.05) is 18.3 Å². The Morgan fingerprint density at radius 2 is 2.18 bits per heavy atom. The Morgan fingerprint density at radius 1 is 1.53 bits per heavy atom. The number of aliphatic carboxylic acids is 1. The highest BCUT2D eigenvalue weighted by molar-refractivity contribution is 5.75. The van der Waals surface area contributed by atoms with Crippen LogP contribution in [0.25, 0.3) is 0 Å². The summed E-state index contributed by atoms with van der Waals surface area (Å²) < 4.78 is 0. The summed E-state index contributed by atoms with van der Waals surface area (Å²) in [6.45, 7) is 3.74. The summed E-state index contributed by atoms with van der Waals surface area (Å²) in [5.41, 5.74) is 1.08. The molecule has 0 amide bonds. The fraction of sp³-hybridized carbons (Fsp3) is 0.364. The number of anilines is 1. The number of hydrogen-bond acceptors (Lipinski definition) is 4. The van der Waals surface area contributed by atoms with E-state index in [9.17, 15) is 14.9 Å². The lowest BCUT2D eigenvalue weighted by Gasteiger charge is -2.22. The first-order chi connectivity index (χ1) is 7.97. The average Bonchev–Trinajstić information content (AvgIpc) is 2.26. The van der Waals surface area contributed by atoms with Crippen LogP contribution in [0.5, 0.6) is 0 Å². The number of rotatable bonds is 5.